The first-order valence-electron chi connectivity index (χ1n) is 8.93. The van der Waals surface area contributed by atoms with E-state index in [4.69, 9.17) is 0 Å². The Morgan fingerprint density at radius 1 is 1.08 bits per heavy atom. The molecule has 2 heteroatoms. The Morgan fingerprint density at radius 2 is 1.79 bits per heavy atom. The molecule has 0 N–H and O–H groups in total. The van der Waals surface area contributed by atoms with Crippen molar-refractivity contribution in [2.75, 3.05) is 0 Å². The van der Waals surface area contributed by atoms with Crippen LogP contribution in [-0.4, -0.2) is 9.49 Å². The van der Waals surface area contributed by atoms with E-state index in [2.05, 4.69) is 97.1 Å². The summed E-state index contributed by atoms with van der Waals surface area (Å²) < 4.78 is 0.181. The molecular formula is C22H34S2. The van der Waals surface area contributed by atoms with Crippen molar-refractivity contribution in [3.63, 3.8) is 0 Å². The number of hydrogen-bond acceptors (Lipinski definition) is 2. The summed E-state index contributed by atoms with van der Waals surface area (Å²) >= 11 is 0. The van der Waals surface area contributed by atoms with Gasteiger partial charge in [0.05, 0.1) is 0 Å². The molecule has 0 fully saturated rings. The zero-order valence-corrected chi connectivity index (χ0v) is 18.1. The molecule has 0 aliphatic heterocycles. The van der Waals surface area contributed by atoms with Gasteiger partial charge in [0.1, 0.15) is 0 Å². The summed E-state index contributed by atoms with van der Waals surface area (Å²) in [4.78, 5) is 0. The molecule has 0 saturated heterocycles. The van der Waals surface area contributed by atoms with Gasteiger partial charge in [-0.05, 0) is 71.4 Å². The van der Waals surface area contributed by atoms with Gasteiger partial charge in [0.25, 0.3) is 0 Å². The monoisotopic (exact) mass is 362 g/mol. The van der Waals surface area contributed by atoms with Gasteiger partial charge in [-0.2, -0.15) is 0 Å². The van der Waals surface area contributed by atoms with Crippen LogP contribution >= 0.6 is 21.6 Å². The fraction of sp³-hybridized carbons (Fsp3) is 0.545. The quantitative estimate of drug-likeness (QED) is 0.333. The summed E-state index contributed by atoms with van der Waals surface area (Å²) in [7, 11) is 3.96. The van der Waals surface area contributed by atoms with E-state index in [0.29, 0.717) is 0 Å². The maximum atomic E-state index is 2.44. The van der Waals surface area contributed by atoms with Crippen LogP contribution in [0.4, 0.5) is 0 Å². The number of rotatable bonds is 7. The van der Waals surface area contributed by atoms with Crippen molar-refractivity contribution in [3.8, 4) is 0 Å². The summed E-state index contributed by atoms with van der Waals surface area (Å²) in [6, 6.07) is 0. The lowest BCUT2D eigenvalue weighted by atomic mass is 10.0. The van der Waals surface area contributed by atoms with Crippen LogP contribution in [0.1, 0.15) is 61.3 Å². The SMILES string of the molecule is C\C=C/C=C(\C=C/C)C(C)(C)SSC(C)(C)C1=CCC(C)CC=C1. The molecule has 1 unspecified atom stereocenters. The van der Waals surface area contributed by atoms with Gasteiger partial charge in [0.2, 0.25) is 0 Å². The average Bonchev–Trinajstić information content (AvgIpc) is 2.75. The summed E-state index contributed by atoms with van der Waals surface area (Å²) in [6.45, 7) is 15.8. The molecule has 0 spiro atoms. The highest BCUT2D eigenvalue weighted by Gasteiger charge is 2.30. The van der Waals surface area contributed by atoms with Gasteiger partial charge in [-0.3, -0.25) is 0 Å². The minimum Gasteiger partial charge on any atom is -0.0877 e. The van der Waals surface area contributed by atoms with Crippen LogP contribution in [0.3, 0.4) is 0 Å². The Labute approximate surface area is 158 Å². The van der Waals surface area contributed by atoms with E-state index in [0.717, 1.165) is 5.92 Å². The molecule has 0 amide bonds. The van der Waals surface area contributed by atoms with E-state index >= 15 is 0 Å². The van der Waals surface area contributed by atoms with Crippen LogP contribution in [0.25, 0.3) is 0 Å². The molecule has 1 aliphatic rings. The van der Waals surface area contributed by atoms with Crippen molar-refractivity contribution in [2.24, 2.45) is 5.92 Å². The Bertz CT molecular complexity index is 542. The van der Waals surface area contributed by atoms with Crippen LogP contribution in [0.5, 0.6) is 0 Å². The summed E-state index contributed by atoms with van der Waals surface area (Å²) in [6.07, 6.45) is 20.3. The van der Waals surface area contributed by atoms with Crippen LogP contribution in [0.15, 0.2) is 59.8 Å². The van der Waals surface area contributed by atoms with Gasteiger partial charge >= 0.3 is 0 Å². The summed E-state index contributed by atoms with van der Waals surface area (Å²) in [5, 5.41) is 0. The highest BCUT2D eigenvalue weighted by atomic mass is 33.1. The highest BCUT2D eigenvalue weighted by Crippen LogP contribution is 2.50. The summed E-state index contributed by atoms with van der Waals surface area (Å²) in [5.74, 6) is 0.758. The third-order valence-electron chi connectivity index (χ3n) is 4.24. The van der Waals surface area contributed by atoms with Crippen LogP contribution in [-0.2, 0) is 0 Å². The molecule has 0 aromatic heterocycles. The lowest BCUT2D eigenvalue weighted by Gasteiger charge is -2.32. The first-order chi connectivity index (χ1) is 11.2. The van der Waals surface area contributed by atoms with Crippen molar-refractivity contribution in [1.82, 2.24) is 0 Å². The molecule has 134 valence electrons. The number of hydrogen-bond donors (Lipinski definition) is 0. The maximum Gasteiger partial charge on any atom is 0.0455 e. The van der Waals surface area contributed by atoms with Crippen molar-refractivity contribution in [2.45, 2.75) is 70.8 Å². The minimum absolute atomic E-state index is 0.0657. The Kier molecular flexibility index (Phi) is 8.73. The fourth-order valence-corrected chi connectivity index (χ4v) is 5.23. The molecule has 0 nitrogen and oxygen atoms in total. The molecular weight excluding hydrogens is 328 g/mol. The molecule has 0 radical (unpaired) electrons. The van der Waals surface area contributed by atoms with E-state index in [1.807, 2.05) is 21.6 Å². The Hall–Kier alpha value is -0.600. The Balaban J connectivity index is 2.87. The molecule has 0 aromatic carbocycles. The predicted octanol–water partition coefficient (Wildman–Crippen LogP) is 7.92. The van der Waals surface area contributed by atoms with Gasteiger partial charge in [0, 0.05) is 9.49 Å². The summed E-state index contributed by atoms with van der Waals surface area (Å²) in [5.41, 5.74) is 2.82. The number of allylic oxidation sites excluding steroid dienone is 8. The van der Waals surface area contributed by atoms with E-state index in [1.165, 1.54) is 24.0 Å². The molecule has 1 atom stereocenters. The van der Waals surface area contributed by atoms with Crippen molar-refractivity contribution >= 4 is 21.6 Å². The standard InChI is InChI=1S/C22H34S2/c1-8-10-14-19(12-9-2)21(4,5)23-24-22(6,7)20-15-11-13-18(3)16-17-20/h8-12,14-15,17-18H,13,16H2,1-7H3/b10-8-,12-9-,19-14+. The molecule has 1 rings (SSSR count). The third kappa shape index (κ3) is 6.72. The van der Waals surface area contributed by atoms with Gasteiger partial charge in [0.15, 0.2) is 0 Å². The van der Waals surface area contributed by atoms with Crippen LogP contribution in [0.2, 0.25) is 0 Å². The topological polar surface area (TPSA) is 0 Å². The van der Waals surface area contributed by atoms with E-state index in [9.17, 15) is 0 Å². The smallest absolute Gasteiger partial charge is 0.0455 e. The predicted molar refractivity (Wildman–Crippen MR) is 117 cm³/mol. The first kappa shape index (κ1) is 21.4. The molecule has 0 bridgehead atoms. The van der Waals surface area contributed by atoms with Crippen LogP contribution < -0.4 is 0 Å². The van der Waals surface area contributed by atoms with Crippen LogP contribution in [0, 0.1) is 5.92 Å². The van der Waals surface area contributed by atoms with Crippen molar-refractivity contribution in [1.29, 1.82) is 0 Å². The molecule has 24 heavy (non-hydrogen) atoms. The van der Waals surface area contributed by atoms with Gasteiger partial charge < -0.3 is 0 Å². The Morgan fingerprint density at radius 3 is 2.42 bits per heavy atom. The minimum atomic E-state index is 0.0657. The van der Waals surface area contributed by atoms with Crippen molar-refractivity contribution < 1.29 is 0 Å². The lowest BCUT2D eigenvalue weighted by Crippen LogP contribution is -2.21. The second-order valence-electron chi connectivity index (χ2n) is 7.47. The molecule has 0 aromatic rings. The lowest BCUT2D eigenvalue weighted by molar-refractivity contribution is 0.605. The van der Waals surface area contributed by atoms with Crippen molar-refractivity contribution in [3.05, 3.63) is 59.8 Å². The fourth-order valence-electron chi connectivity index (χ4n) is 2.51. The zero-order valence-electron chi connectivity index (χ0n) is 16.4. The zero-order chi connectivity index (χ0) is 18.2. The second kappa shape index (κ2) is 9.77. The van der Waals surface area contributed by atoms with Gasteiger partial charge in [-0.1, -0.05) is 77.1 Å². The van der Waals surface area contributed by atoms with Gasteiger partial charge in [-0.15, -0.1) is 0 Å². The maximum absolute atomic E-state index is 2.44. The third-order valence-corrected chi connectivity index (χ3v) is 8.38. The molecule has 0 saturated carbocycles. The molecule has 0 heterocycles. The average molecular weight is 363 g/mol. The van der Waals surface area contributed by atoms with E-state index in [1.54, 1.807) is 0 Å². The largest absolute Gasteiger partial charge is 0.0877 e. The van der Waals surface area contributed by atoms with E-state index < -0.39 is 0 Å². The van der Waals surface area contributed by atoms with Gasteiger partial charge in [-0.25, -0.2) is 0 Å². The normalized spacial score (nSPS) is 20.7. The van der Waals surface area contributed by atoms with E-state index in [-0.39, 0.29) is 9.49 Å². The molecule has 1 aliphatic carbocycles. The highest BCUT2D eigenvalue weighted by molar-refractivity contribution is 8.77. The first-order valence-corrected chi connectivity index (χ1v) is 11.1. The second-order valence-corrected chi connectivity index (χ2v) is 10.8.